The molecule has 6 nitrogen and oxygen atoms in total. The smallest absolute Gasteiger partial charge is 0.325 e. The van der Waals surface area contributed by atoms with Crippen molar-refractivity contribution in [2.24, 2.45) is 0 Å². The van der Waals surface area contributed by atoms with Gasteiger partial charge in [-0.25, -0.2) is 4.79 Å². The number of imide groups is 1. The predicted molar refractivity (Wildman–Crippen MR) is 103 cm³/mol. The van der Waals surface area contributed by atoms with Crippen molar-refractivity contribution in [2.75, 3.05) is 6.54 Å². The number of urea groups is 1. The van der Waals surface area contributed by atoms with E-state index in [4.69, 9.17) is 0 Å². The summed E-state index contributed by atoms with van der Waals surface area (Å²) < 4.78 is 0. The van der Waals surface area contributed by atoms with Gasteiger partial charge in [-0.3, -0.25) is 14.5 Å². The Morgan fingerprint density at radius 2 is 1.81 bits per heavy atom. The molecule has 1 aromatic carbocycles. The highest BCUT2D eigenvalue weighted by Gasteiger charge is 2.53. The number of carbonyl (C=O) groups is 3. The van der Waals surface area contributed by atoms with Gasteiger partial charge in [0.15, 0.2) is 0 Å². The van der Waals surface area contributed by atoms with Crippen LogP contribution in [0.1, 0.15) is 58.1 Å². The van der Waals surface area contributed by atoms with Gasteiger partial charge in [0.2, 0.25) is 5.91 Å². The summed E-state index contributed by atoms with van der Waals surface area (Å²) in [6.07, 6.45) is 3.30. The highest BCUT2D eigenvalue weighted by molar-refractivity contribution is 6.09. The molecule has 0 radical (unpaired) electrons. The number of carbonyl (C=O) groups excluding carboxylic acids is 3. The lowest BCUT2D eigenvalue weighted by Crippen LogP contribution is -2.49. The molecule has 1 heterocycles. The molecule has 1 aliphatic heterocycles. The van der Waals surface area contributed by atoms with Gasteiger partial charge in [-0.15, -0.1) is 0 Å². The summed E-state index contributed by atoms with van der Waals surface area (Å²) in [4.78, 5) is 41.7. The third-order valence-electron chi connectivity index (χ3n) is 5.59. The van der Waals surface area contributed by atoms with Crippen LogP contribution in [0.3, 0.4) is 0 Å². The molecule has 6 heteroatoms. The van der Waals surface area contributed by atoms with E-state index in [0.717, 1.165) is 35.3 Å². The maximum atomic E-state index is 13.4. The van der Waals surface area contributed by atoms with Gasteiger partial charge in [0.05, 0.1) is 0 Å². The first kappa shape index (κ1) is 19.4. The van der Waals surface area contributed by atoms with Crippen LogP contribution in [0.2, 0.25) is 0 Å². The van der Waals surface area contributed by atoms with Crippen molar-refractivity contribution in [1.82, 2.24) is 15.1 Å². The first-order valence-electron chi connectivity index (χ1n) is 9.81. The van der Waals surface area contributed by atoms with Crippen molar-refractivity contribution in [2.45, 2.75) is 71.0 Å². The van der Waals surface area contributed by atoms with E-state index in [1.165, 1.54) is 0 Å². The lowest BCUT2D eigenvalue weighted by molar-refractivity contribution is -0.141. The number of nitrogens with one attached hydrogen (secondary N) is 1. The molecule has 1 fully saturated rings. The highest BCUT2D eigenvalue weighted by Crippen LogP contribution is 2.38. The predicted octanol–water partition coefficient (Wildman–Crippen LogP) is 2.81. The normalized spacial score (nSPS) is 22.2. The second-order valence-corrected chi connectivity index (χ2v) is 8.08. The molecule has 1 aromatic rings. The van der Waals surface area contributed by atoms with Crippen molar-refractivity contribution >= 4 is 17.8 Å². The maximum absolute atomic E-state index is 13.4. The van der Waals surface area contributed by atoms with Gasteiger partial charge in [0.25, 0.3) is 5.91 Å². The first-order chi connectivity index (χ1) is 12.8. The average Bonchev–Trinajstić information content (AvgIpc) is 2.74. The minimum absolute atomic E-state index is 0.00540. The minimum Gasteiger partial charge on any atom is -0.336 e. The molecule has 3 rings (SSSR count). The molecule has 0 bridgehead atoms. The fourth-order valence-corrected chi connectivity index (χ4v) is 4.51. The molecule has 1 N–H and O–H groups in total. The zero-order valence-electron chi connectivity index (χ0n) is 16.6. The molecule has 0 aromatic heterocycles. The van der Waals surface area contributed by atoms with E-state index in [2.05, 4.69) is 5.32 Å². The van der Waals surface area contributed by atoms with Crippen LogP contribution >= 0.6 is 0 Å². The van der Waals surface area contributed by atoms with Crippen molar-refractivity contribution in [3.8, 4) is 0 Å². The van der Waals surface area contributed by atoms with Gasteiger partial charge in [0, 0.05) is 12.1 Å². The van der Waals surface area contributed by atoms with Crippen LogP contribution < -0.4 is 5.32 Å². The van der Waals surface area contributed by atoms with Crippen LogP contribution in [-0.4, -0.2) is 46.3 Å². The van der Waals surface area contributed by atoms with Gasteiger partial charge in [-0.2, -0.15) is 0 Å². The molecule has 0 saturated carbocycles. The average molecular weight is 371 g/mol. The van der Waals surface area contributed by atoms with Gasteiger partial charge in [-0.1, -0.05) is 24.3 Å². The zero-order chi connectivity index (χ0) is 19.8. The Morgan fingerprint density at radius 3 is 2.48 bits per heavy atom. The van der Waals surface area contributed by atoms with Gasteiger partial charge in [0.1, 0.15) is 12.1 Å². The molecule has 1 atom stereocenters. The summed E-state index contributed by atoms with van der Waals surface area (Å²) in [5.41, 5.74) is 0.938. The number of hydrogen-bond donors (Lipinski definition) is 1. The molecule has 1 aliphatic carbocycles. The van der Waals surface area contributed by atoms with Crippen molar-refractivity contribution in [3.63, 3.8) is 0 Å². The highest BCUT2D eigenvalue weighted by atomic mass is 16.2. The van der Waals surface area contributed by atoms with Crippen molar-refractivity contribution in [3.05, 3.63) is 35.4 Å². The lowest BCUT2D eigenvalue weighted by Gasteiger charge is -2.32. The van der Waals surface area contributed by atoms with Crippen LogP contribution in [0.25, 0.3) is 0 Å². The van der Waals surface area contributed by atoms with Gasteiger partial charge >= 0.3 is 6.03 Å². The minimum atomic E-state index is -1.04. The molecular formula is C21H29N3O3. The number of nitrogens with zero attached hydrogens (tertiary/aromatic N) is 2. The number of fused-ring (bicyclic) bond motifs is 2. The standard InChI is InChI=1S/C21H29N3O3/c1-14(2)24(15(3)4)18(25)13-23-19(26)21(22-20(23)27)12-8-7-10-16-9-5-6-11-17(16)21/h5-6,9,11,14-15H,7-8,10,12-13H2,1-4H3,(H,22,27). The first-order valence-corrected chi connectivity index (χ1v) is 9.81. The second-order valence-electron chi connectivity index (χ2n) is 8.08. The quantitative estimate of drug-likeness (QED) is 0.828. The molecule has 1 unspecified atom stereocenters. The number of amides is 4. The van der Waals surface area contributed by atoms with E-state index >= 15 is 0 Å². The summed E-state index contributed by atoms with van der Waals surface area (Å²) in [7, 11) is 0. The van der Waals surface area contributed by atoms with E-state index in [9.17, 15) is 14.4 Å². The fraction of sp³-hybridized carbons (Fsp3) is 0.571. The summed E-state index contributed by atoms with van der Waals surface area (Å²) in [5.74, 6) is -0.509. The largest absolute Gasteiger partial charge is 0.336 e. The summed E-state index contributed by atoms with van der Waals surface area (Å²) in [6, 6.07) is 7.35. The van der Waals surface area contributed by atoms with Gasteiger partial charge < -0.3 is 10.2 Å². The molecule has 27 heavy (non-hydrogen) atoms. The van der Waals surface area contributed by atoms with Crippen LogP contribution in [0, 0.1) is 0 Å². The fourth-order valence-electron chi connectivity index (χ4n) is 4.51. The van der Waals surface area contributed by atoms with Crippen LogP contribution in [0.5, 0.6) is 0 Å². The molecule has 146 valence electrons. The Kier molecular flexibility index (Phi) is 5.27. The zero-order valence-corrected chi connectivity index (χ0v) is 16.6. The molecular weight excluding hydrogens is 342 g/mol. The third-order valence-corrected chi connectivity index (χ3v) is 5.59. The Hall–Kier alpha value is -2.37. The Bertz CT molecular complexity index is 751. The van der Waals surface area contributed by atoms with E-state index < -0.39 is 11.6 Å². The maximum Gasteiger partial charge on any atom is 0.325 e. The van der Waals surface area contributed by atoms with E-state index in [1.807, 2.05) is 52.0 Å². The molecule has 1 saturated heterocycles. The monoisotopic (exact) mass is 371 g/mol. The summed E-state index contributed by atoms with van der Waals surface area (Å²) in [6.45, 7) is 7.53. The topological polar surface area (TPSA) is 69.7 Å². The van der Waals surface area contributed by atoms with Crippen LogP contribution in [0.15, 0.2) is 24.3 Å². The number of aryl methyl sites for hydroxylation is 1. The molecule has 1 spiro atoms. The molecule has 4 amide bonds. The van der Waals surface area contributed by atoms with Crippen molar-refractivity contribution < 1.29 is 14.4 Å². The number of benzene rings is 1. The van der Waals surface area contributed by atoms with E-state index in [1.54, 1.807) is 4.90 Å². The summed E-state index contributed by atoms with van der Waals surface area (Å²) in [5, 5.41) is 2.93. The summed E-state index contributed by atoms with van der Waals surface area (Å²) >= 11 is 0. The number of rotatable bonds is 4. The van der Waals surface area contributed by atoms with Crippen LogP contribution in [-0.2, 0) is 21.5 Å². The SMILES string of the molecule is CC(C)N(C(=O)CN1C(=O)NC2(CCCCc3ccccc32)C1=O)C(C)C. The van der Waals surface area contributed by atoms with E-state index in [-0.39, 0.29) is 30.4 Å². The van der Waals surface area contributed by atoms with Gasteiger partial charge in [-0.05, 0) is 64.5 Å². The lowest BCUT2D eigenvalue weighted by atomic mass is 9.84. The molecule has 2 aliphatic rings. The Labute approximate surface area is 160 Å². The Morgan fingerprint density at radius 1 is 1.15 bits per heavy atom. The Balaban J connectivity index is 1.91. The van der Waals surface area contributed by atoms with E-state index in [0.29, 0.717) is 6.42 Å². The third kappa shape index (κ3) is 3.33. The van der Waals surface area contributed by atoms with Crippen molar-refractivity contribution in [1.29, 1.82) is 0 Å². The number of hydrogen-bond acceptors (Lipinski definition) is 3. The van der Waals surface area contributed by atoms with Crippen LogP contribution in [0.4, 0.5) is 4.79 Å². The second kappa shape index (κ2) is 7.33.